The van der Waals surface area contributed by atoms with Gasteiger partial charge in [0.05, 0.1) is 26.4 Å². The molecule has 17 heavy (non-hydrogen) atoms. The van der Waals surface area contributed by atoms with E-state index in [9.17, 15) is 5.11 Å². The minimum absolute atomic E-state index is 0.0933. The molecule has 0 fully saturated rings. The molecule has 0 saturated carbocycles. The van der Waals surface area contributed by atoms with Gasteiger partial charge in [0.2, 0.25) is 0 Å². The van der Waals surface area contributed by atoms with E-state index in [1.165, 1.54) is 0 Å². The second-order valence-corrected chi connectivity index (χ2v) is 4.26. The summed E-state index contributed by atoms with van der Waals surface area (Å²) in [6.07, 6.45) is -0.969. The van der Waals surface area contributed by atoms with E-state index in [0.717, 1.165) is 11.1 Å². The molecule has 2 rings (SSSR count). The van der Waals surface area contributed by atoms with Crippen LogP contribution < -0.4 is 9.47 Å². The molecule has 1 N–H and O–H groups in total. The lowest BCUT2D eigenvalue weighted by Gasteiger charge is -2.33. The molecule has 0 spiro atoms. The van der Waals surface area contributed by atoms with Crippen LogP contribution in [0.25, 0.3) is 0 Å². The molecule has 94 valence electrons. The van der Waals surface area contributed by atoms with E-state index in [-0.39, 0.29) is 12.2 Å². The lowest BCUT2D eigenvalue weighted by atomic mass is 9.92. The number of hydrogen-bond acceptors (Lipinski definition) is 4. The van der Waals surface area contributed by atoms with Gasteiger partial charge < -0.3 is 19.3 Å². The van der Waals surface area contributed by atoms with Crippen LogP contribution in [0.2, 0.25) is 0 Å². The Morgan fingerprint density at radius 3 is 2.47 bits per heavy atom. The van der Waals surface area contributed by atoms with Gasteiger partial charge in [0, 0.05) is 11.6 Å². The molecule has 1 aliphatic heterocycles. The quantitative estimate of drug-likeness (QED) is 0.858. The van der Waals surface area contributed by atoms with Crippen LogP contribution in [0.3, 0.4) is 0 Å². The normalized spacial score (nSPS) is 27.5. The van der Waals surface area contributed by atoms with Crippen LogP contribution in [0.15, 0.2) is 12.1 Å². The summed E-state index contributed by atoms with van der Waals surface area (Å²) in [6, 6.07) is 3.65. The summed E-state index contributed by atoms with van der Waals surface area (Å²) in [4.78, 5) is 0. The zero-order valence-electron chi connectivity index (χ0n) is 10.6. The van der Waals surface area contributed by atoms with Gasteiger partial charge in [0.25, 0.3) is 0 Å². The Balaban J connectivity index is 2.59. The first kappa shape index (κ1) is 12.2. The maximum absolute atomic E-state index is 10.2. The van der Waals surface area contributed by atoms with Gasteiger partial charge in [-0.05, 0) is 25.5 Å². The first-order valence-electron chi connectivity index (χ1n) is 5.67. The average Bonchev–Trinajstić information content (AvgIpc) is 2.34. The van der Waals surface area contributed by atoms with Crippen molar-refractivity contribution < 1.29 is 19.3 Å². The minimum atomic E-state index is -0.648. The number of methoxy groups -OCH3 is 2. The van der Waals surface area contributed by atoms with Crippen molar-refractivity contribution in [2.24, 2.45) is 0 Å². The van der Waals surface area contributed by atoms with E-state index in [1.807, 2.05) is 19.9 Å². The van der Waals surface area contributed by atoms with Crippen molar-refractivity contribution in [2.75, 3.05) is 14.2 Å². The predicted octanol–water partition coefficient (Wildman–Crippen LogP) is 2.22. The third kappa shape index (κ3) is 1.98. The molecule has 1 aliphatic rings. The summed E-state index contributed by atoms with van der Waals surface area (Å²) < 4.78 is 16.2. The second kappa shape index (κ2) is 4.55. The molecule has 0 bridgehead atoms. The maximum atomic E-state index is 10.2. The van der Waals surface area contributed by atoms with Crippen LogP contribution in [0.5, 0.6) is 11.5 Å². The first-order valence-corrected chi connectivity index (χ1v) is 5.67. The molecule has 4 nitrogen and oxygen atoms in total. The van der Waals surface area contributed by atoms with Gasteiger partial charge in [-0.25, -0.2) is 0 Å². The predicted molar refractivity (Wildman–Crippen MR) is 63.5 cm³/mol. The van der Waals surface area contributed by atoms with Crippen molar-refractivity contribution in [3.63, 3.8) is 0 Å². The first-order chi connectivity index (χ1) is 8.08. The van der Waals surface area contributed by atoms with E-state index in [1.54, 1.807) is 20.3 Å². The average molecular weight is 238 g/mol. The lowest BCUT2D eigenvalue weighted by Crippen LogP contribution is -2.27. The second-order valence-electron chi connectivity index (χ2n) is 4.26. The molecular formula is C13H18O4. The van der Waals surface area contributed by atoms with E-state index in [4.69, 9.17) is 14.2 Å². The van der Waals surface area contributed by atoms with Crippen LogP contribution in [0.1, 0.15) is 37.2 Å². The Kier molecular flexibility index (Phi) is 3.26. The monoisotopic (exact) mass is 238 g/mol. The van der Waals surface area contributed by atoms with Gasteiger partial charge in [-0.3, -0.25) is 0 Å². The van der Waals surface area contributed by atoms with Gasteiger partial charge >= 0.3 is 0 Å². The van der Waals surface area contributed by atoms with Crippen LogP contribution in [0, 0.1) is 0 Å². The van der Waals surface area contributed by atoms with Crippen LogP contribution >= 0.6 is 0 Å². The molecule has 0 radical (unpaired) electrons. The number of fused-ring (bicyclic) bond motifs is 1. The van der Waals surface area contributed by atoms with Gasteiger partial charge in [-0.2, -0.15) is 0 Å². The standard InChI is InChI=1S/C13H18O4/c1-7-12-10(13(14)8(2)17-7)5-9(15-3)6-11(12)16-4/h5-8,13-14H,1-4H3/t7-,8-,13-/m0/s1. The number of aliphatic hydroxyl groups is 1. The highest BCUT2D eigenvalue weighted by molar-refractivity contribution is 5.49. The third-order valence-corrected chi connectivity index (χ3v) is 3.19. The molecule has 0 saturated heterocycles. The number of rotatable bonds is 2. The van der Waals surface area contributed by atoms with E-state index < -0.39 is 6.10 Å². The fourth-order valence-electron chi connectivity index (χ4n) is 2.31. The maximum Gasteiger partial charge on any atom is 0.128 e. The molecule has 4 heteroatoms. The van der Waals surface area contributed by atoms with E-state index in [2.05, 4.69) is 0 Å². The van der Waals surface area contributed by atoms with E-state index >= 15 is 0 Å². The van der Waals surface area contributed by atoms with Crippen molar-refractivity contribution in [2.45, 2.75) is 32.2 Å². The summed E-state index contributed by atoms with van der Waals surface area (Å²) >= 11 is 0. The molecule has 1 aromatic carbocycles. The summed E-state index contributed by atoms with van der Waals surface area (Å²) in [5.41, 5.74) is 1.73. The van der Waals surface area contributed by atoms with Crippen molar-refractivity contribution in [3.05, 3.63) is 23.3 Å². The van der Waals surface area contributed by atoms with Gasteiger partial charge in [-0.15, -0.1) is 0 Å². The third-order valence-electron chi connectivity index (χ3n) is 3.19. The zero-order chi connectivity index (χ0) is 12.6. The highest BCUT2D eigenvalue weighted by Gasteiger charge is 2.32. The van der Waals surface area contributed by atoms with Gasteiger partial charge in [0.1, 0.15) is 17.6 Å². The van der Waals surface area contributed by atoms with Crippen molar-refractivity contribution in [1.82, 2.24) is 0 Å². The largest absolute Gasteiger partial charge is 0.497 e. The molecule has 1 heterocycles. The van der Waals surface area contributed by atoms with Crippen LogP contribution in [-0.4, -0.2) is 25.4 Å². The highest BCUT2D eigenvalue weighted by atomic mass is 16.5. The smallest absolute Gasteiger partial charge is 0.128 e. The molecule has 1 aromatic rings. The van der Waals surface area contributed by atoms with Crippen molar-refractivity contribution >= 4 is 0 Å². The Morgan fingerprint density at radius 1 is 1.18 bits per heavy atom. The van der Waals surface area contributed by atoms with Crippen molar-refractivity contribution in [1.29, 1.82) is 0 Å². The molecular weight excluding hydrogens is 220 g/mol. The number of aliphatic hydroxyl groups excluding tert-OH is 1. The van der Waals surface area contributed by atoms with Crippen molar-refractivity contribution in [3.8, 4) is 11.5 Å². The Morgan fingerprint density at radius 2 is 1.88 bits per heavy atom. The van der Waals surface area contributed by atoms with Crippen LogP contribution in [0.4, 0.5) is 0 Å². The highest BCUT2D eigenvalue weighted by Crippen LogP contribution is 2.43. The lowest BCUT2D eigenvalue weighted by molar-refractivity contribution is -0.0817. The topological polar surface area (TPSA) is 47.9 Å². The van der Waals surface area contributed by atoms with Gasteiger partial charge in [0.15, 0.2) is 0 Å². The molecule has 0 amide bonds. The fraction of sp³-hybridized carbons (Fsp3) is 0.538. The molecule has 3 atom stereocenters. The summed E-state index contributed by atoms with van der Waals surface area (Å²) in [5, 5.41) is 10.2. The summed E-state index contributed by atoms with van der Waals surface area (Å²) in [5.74, 6) is 1.37. The molecule has 0 unspecified atom stereocenters. The fourth-order valence-corrected chi connectivity index (χ4v) is 2.31. The zero-order valence-corrected chi connectivity index (χ0v) is 10.6. The molecule has 0 aliphatic carbocycles. The Bertz CT molecular complexity index is 416. The number of benzene rings is 1. The Labute approximate surface area is 101 Å². The molecule has 0 aromatic heterocycles. The minimum Gasteiger partial charge on any atom is -0.497 e. The Hall–Kier alpha value is -1.26. The van der Waals surface area contributed by atoms with E-state index in [0.29, 0.717) is 11.5 Å². The number of ether oxygens (including phenoxy) is 3. The summed E-state index contributed by atoms with van der Waals surface area (Å²) in [6.45, 7) is 3.81. The number of hydrogen-bond donors (Lipinski definition) is 1. The SMILES string of the molecule is COc1cc(OC)c2c(c1)[C@@H](O)[C@H](C)O[C@H]2C. The summed E-state index contributed by atoms with van der Waals surface area (Å²) in [7, 11) is 3.20. The van der Waals surface area contributed by atoms with Gasteiger partial charge in [-0.1, -0.05) is 0 Å². The van der Waals surface area contributed by atoms with Crippen LogP contribution in [-0.2, 0) is 4.74 Å².